The lowest BCUT2D eigenvalue weighted by molar-refractivity contribution is 0.475. The highest BCUT2D eigenvalue weighted by Crippen LogP contribution is 2.34. The average Bonchev–Trinajstić information content (AvgIpc) is 2.85. The molecule has 1 heterocycles. The number of hydrogen-bond acceptors (Lipinski definition) is 5. The van der Waals surface area contributed by atoms with Gasteiger partial charge >= 0.3 is 0 Å². The van der Waals surface area contributed by atoms with Crippen LogP contribution in [-0.4, -0.2) is 12.0 Å². The van der Waals surface area contributed by atoms with Crippen molar-refractivity contribution in [3.8, 4) is 10.9 Å². The smallest absolute Gasteiger partial charge is 0.280 e. The number of hydrogen-bond donors (Lipinski definition) is 2. The standard InChI is InChI=1S/C18H24ClN3OS/c1-6-7-14(20-5)10-21-15-8-12(3)16(9-11(15)2)23-18-22-17(19)13(4)24-18/h8-10,20-21H,6-7H2,1-5H3. The molecule has 0 aliphatic rings. The summed E-state index contributed by atoms with van der Waals surface area (Å²) in [7, 11) is 1.94. The first-order valence-electron chi connectivity index (χ1n) is 8.00. The monoisotopic (exact) mass is 365 g/mol. The fraction of sp³-hybridized carbons (Fsp3) is 0.389. The van der Waals surface area contributed by atoms with Crippen LogP contribution in [0.2, 0.25) is 5.15 Å². The van der Waals surface area contributed by atoms with E-state index in [-0.39, 0.29) is 0 Å². The second-order valence-corrected chi connectivity index (χ2v) is 7.20. The van der Waals surface area contributed by atoms with Crippen LogP contribution in [0.25, 0.3) is 0 Å². The van der Waals surface area contributed by atoms with E-state index in [2.05, 4.69) is 35.5 Å². The van der Waals surface area contributed by atoms with Crippen molar-refractivity contribution < 1.29 is 4.74 Å². The van der Waals surface area contributed by atoms with E-state index >= 15 is 0 Å². The van der Waals surface area contributed by atoms with Crippen molar-refractivity contribution in [1.82, 2.24) is 10.3 Å². The highest BCUT2D eigenvalue weighted by Gasteiger charge is 2.11. The van der Waals surface area contributed by atoms with Crippen molar-refractivity contribution in [3.63, 3.8) is 0 Å². The Morgan fingerprint density at radius 1 is 1.29 bits per heavy atom. The number of anilines is 1. The van der Waals surface area contributed by atoms with Crippen LogP contribution in [0.4, 0.5) is 5.69 Å². The number of allylic oxidation sites excluding steroid dienone is 1. The third-order valence-electron chi connectivity index (χ3n) is 3.68. The van der Waals surface area contributed by atoms with Crippen LogP contribution in [0.3, 0.4) is 0 Å². The molecule has 0 aliphatic carbocycles. The highest BCUT2D eigenvalue weighted by molar-refractivity contribution is 7.13. The van der Waals surface area contributed by atoms with Crippen LogP contribution in [0.15, 0.2) is 24.0 Å². The topological polar surface area (TPSA) is 46.2 Å². The number of thiazole rings is 1. The van der Waals surface area contributed by atoms with Crippen molar-refractivity contribution in [2.24, 2.45) is 0 Å². The van der Waals surface area contributed by atoms with Gasteiger partial charge in [0.25, 0.3) is 5.19 Å². The summed E-state index contributed by atoms with van der Waals surface area (Å²) >= 11 is 7.45. The Morgan fingerprint density at radius 3 is 2.62 bits per heavy atom. The summed E-state index contributed by atoms with van der Waals surface area (Å²) in [5.41, 5.74) is 4.40. The summed E-state index contributed by atoms with van der Waals surface area (Å²) in [6, 6.07) is 4.11. The van der Waals surface area contributed by atoms with Crippen LogP contribution < -0.4 is 15.4 Å². The van der Waals surface area contributed by atoms with E-state index in [1.807, 2.05) is 33.2 Å². The largest absolute Gasteiger partial charge is 0.431 e. The van der Waals surface area contributed by atoms with Crippen molar-refractivity contribution in [2.45, 2.75) is 40.5 Å². The van der Waals surface area contributed by atoms with Crippen LogP contribution in [0, 0.1) is 20.8 Å². The Hall–Kier alpha value is -1.72. The molecule has 0 aliphatic heterocycles. The minimum atomic E-state index is 0.503. The first-order chi connectivity index (χ1) is 11.4. The lowest BCUT2D eigenvalue weighted by Crippen LogP contribution is -2.08. The van der Waals surface area contributed by atoms with Crippen molar-refractivity contribution >= 4 is 28.6 Å². The molecule has 1 aromatic heterocycles. The maximum absolute atomic E-state index is 6.00. The molecule has 2 rings (SSSR count). The molecular weight excluding hydrogens is 342 g/mol. The molecule has 0 radical (unpaired) electrons. The third kappa shape index (κ3) is 4.65. The van der Waals surface area contributed by atoms with Gasteiger partial charge in [-0.3, -0.25) is 0 Å². The van der Waals surface area contributed by atoms with E-state index in [1.165, 1.54) is 17.0 Å². The average molecular weight is 366 g/mol. The van der Waals surface area contributed by atoms with E-state index in [9.17, 15) is 0 Å². The third-order valence-corrected chi connectivity index (χ3v) is 5.01. The number of nitrogens with one attached hydrogen (secondary N) is 2. The maximum atomic E-state index is 6.00. The van der Waals surface area contributed by atoms with E-state index in [1.54, 1.807) is 0 Å². The first-order valence-corrected chi connectivity index (χ1v) is 9.19. The summed E-state index contributed by atoms with van der Waals surface area (Å²) in [5, 5.41) is 7.67. The zero-order valence-electron chi connectivity index (χ0n) is 14.8. The number of aromatic nitrogens is 1. The van der Waals surface area contributed by atoms with Crippen molar-refractivity contribution in [1.29, 1.82) is 0 Å². The van der Waals surface area contributed by atoms with Gasteiger partial charge < -0.3 is 15.4 Å². The number of benzene rings is 1. The molecule has 4 nitrogen and oxygen atoms in total. The predicted molar refractivity (Wildman–Crippen MR) is 104 cm³/mol. The Balaban J connectivity index is 2.18. The molecule has 130 valence electrons. The normalized spacial score (nSPS) is 11.5. The van der Waals surface area contributed by atoms with Crippen LogP contribution in [0.1, 0.15) is 35.8 Å². The molecule has 0 saturated carbocycles. The minimum Gasteiger partial charge on any atom is -0.431 e. The molecule has 0 saturated heterocycles. The Morgan fingerprint density at radius 2 is 2.04 bits per heavy atom. The molecule has 0 fully saturated rings. The number of halogens is 1. The molecule has 0 atom stereocenters. The summed E-state index contributed by atoms with van der Waals surface area (Å²) in [6.07, 6.45) is 4.15. The fourth-order valence-electron chi connectivity index (χ4n) is 2.25. The van der Waals surface area contributed by atoms with Gasteiger partial charge in [0.2, 0.25) is 0 Å². The SMILES string of the molecule is CCCC(=CNc1cc(C)c(Oc2nc(Cl)c(C)s2)cc1C)NC. The van der Waals surface area contributed by atoms with Gasteiger partial charge in [0.15, 0.2) is 0 Å². The Kier molecular flexibility index (Phi) is 6.52. The first kappa shape index (κ1) is 18.6. The maximum Gasteiger partial charge on any atom is 0.280 e. The van der Waals surface area contributed by atoms with Crippen LogP contribution in [-0.2, 0) is 0 Å². The van der Waals surface area contributed by atoms with Gasteiger partial charge in [-0.25, -0.2) is 0 Å². The van der Waals surface area contributed by atoms with Crippen molar-refractivity contribution in [3.05, 3.63) is 45.2 Å². The van der Waals surface area contributed by atoms with Gasteiger partial charge in [-0.15, -0.1) is 0 Å². The Bertz CT molecular complexity index is 721. The lowest BCUT2D eigenvalue weighted by atomic mass is 10.1. The van der Waals surface area contributed by atoms with E-state index in [0.29, 0.717) is 10.3 Å². The molecule has 2 aromatic rings. The van der Waals surface area contributed by atoms with Gasteiger partial charge in [0, 0.05) is 29.5 Å². The number of aryl methyl sites for hydroxylation is 3. The van der Waals surface area contributed by atoms with Gasteiger partial charge in [-0.2, -0.15) is 4.98 Å². The van der Waals surface area contributed by atoms with Crippen LogP contribution >= 0.6 is 22.9 Å². The van der Waals surface area contributed by atoms with Gasteiger partial charge in [0.1, 0.15) is 10.9 Å². The summed E-state index contributed by atoms with van der Waals surface area (Å²) in [6.45, 7) is 8.18. The molecule has 0 unspecified atom stereocenters. The predicted octanol–water partition coefficient (Wildman–Crippen LogP) is 5.79. The van der Waals surface area contributed by atoms with Gasteiger partial charge in [-0.05, 0) is 50.5 Å². The van der Waals surface area contributed by atoms with E-state index < -0.39 is 0 Å². The number of rotatable bonds is 7. The summed E-state index contributed by atoms with van der Waals surface area (Å²) in [4.78, 5) is 5.18. The van der Waals surface area contributed by atoms with Crippen molar-refractivity contribution in [2.75, 3.05) is 12.4 Å². The quantitative estimate of drug-likeness (QED) is 0.652. The summed E-state index contributed by atoms with van der Waals surface area (Å²) < 4.78 is 5.90. The molecule has 6 heteroatoms. The molecule has 24 heavy (non-hydrogen) atoms. The number of ether oxygens (including phenoxy) is 1. The van der Waals surface area contributed by atoms with Gasteiger partial charge in [-0.1, -0.05) is 36.3 Å². The zero-order chi connectivity index (χ0) is 17.7. The molecule has 2 N–H and O–H groups in total. The molecular formula is C18H24ClN3OS. The van der Waals surface area contributed by atoms with E-state index in [4.69, 9.17) is 16.3 Å². The van der Waals surface area contributed by atoms with Crippen LogP contribution in [0.5, 0.6) is 10.9 Å². The van der Waals surface area contributed by atoms with E-state index in [0.717, 1.165) is 40.3 Å². The van der Waals surface area contributed by atoms with Gasteiger partial charge in [0.05, 0.1) is 0 Å². The minimum absolute atomic E-state index is 0.503. The zero-order valence-corrected chi connectivity index (χ0v) is 16.4. The molecule has 0 spiro atoms. The number of nitrogens with zero attached hydrogens (tertiary/aromatic N) is 1. The second kappa shape index (κ2) is 8.40. The fourth-order valence-corrected chi connectivity index (χ4v) is 3.15. The Labute approximate surface area is 152 Å². The second-order valence-electron chi connectivity index (χ2n) is 5.68. The lowest BCUT2D eigenvalue weighted by Gasteiger charge is -2.13. The molecule has 0 amide bonds. The molecule has 1 aromatic carbocycles. The molecule has 0 bridgehead atoms. The summed E-state index contributed by atoms with van der Waals surface area (Å²) in [5.74, 6) is 0.801. The highest BCUT2D eigenvalue weighted by atomic mass is 35.5.